The number of carbonyl (C=O) groups is 2. The van der Waals surface area contributed by atoms with Crippen LogP contribution in [0.5, 0.6) is 5.75 Å². The van der Waals surface area contributed by atoms with Crippen LogP contribution < -0.4 is 4.74 Å². The van der Waals surface area contributed by atoms with Crippen molar-refractivity contribution in [1.82, 2.24) is 0 Å². The fourth-order valence-electron chi connectivity index (χ4n) is 2.59. The zero-order valence-electron chi connectivity index (χ0n) is 16.7. The Balaban J connectivity index is 2.20. The average molecular weight is 382 g/mol. The van der Waals surface area contributed by atoms with E-state index in [-0.39, 0.29) is 12.4 Å². The summed E-state index contributed by atoms with van der Waals surface area (Å²) < 4.78 is 10.6. The van der Waals surface area contributed by atoms with Gasteiger partial charge in [-0.2, -0.15) is 0 Å². The number of esters is 2. The Morgan fingerprint density at radius 1 is 1.04 bits per heavy atom. The molecule has 0 aliphatic carbocycles. The van der Waals surface area contributed by atoms with Crippen LogP contribution in [-0.2, 0) is 14.3 Å². The van der Waals surface area contributed by atoms with Gasteiger partial charge < -0.3 is 14.6 Å². The minimum atomic E-state index is -1.21. The first-order valence-electron chi connectivity index (χ1n) is 9.11. The van der Waals surface area contributed by atoms with Gasteiger partial charge in [0.05, 0.1) is 0 Å². The summed E-state index contributed by atoms with van der Waals surface area (Å²) in [5.41, 5.74) is 1.72. The minimum absolute atomic E-state index is 0.243. The molecule has 0 spiro atoms. The summed E-state index contributed by atoms with van der Waals surface area (Å²) in [6, 6.07) is 14.6. The second kappa shape index (κ2) is 8.85. The summed E-state index contributed by atoms with van der Waals surface area (Å²) in [6.07, 6.45) is -0.509. The van der Waals surface area contributed by atoms with E-state index in [1.807, 2.05) is 36.4 Å². The molecule has 1 N–H and O–H groups in total. The molecular weight excluding hydrogens is 356 g/mol. The molecule has 0 heterocycles. The van der Waals surface area contributed by atoms with E-state index in [4.69, 9.17) is 9.47 Å². The zero-order chi connectivity index (χ0) is 20.9. The molecule has 2 aromatic carbocycles. The van der Waals surface area contributed by atoms with Crippen molar-refractivity contribution in [3.05, 3.63) is 66.2 Å². The van der Waals surface area contributed by atoms with Crippen molar-refractivity contribution < 1.29 is 24.2 Å². The predicted octanol–water partition coefficient (Wildman–Crippen LogP) is 4.60. The van der Waals surface area contributed by atoms with Gasteiger partial charge in [0.2, 0.25) is 0 Å². The van der Waals surface area contributed by atoms with Crippen LogP contribution in [0.3, 0.4) is 0 Å². The molecule has 28 heavy (non-hydrogen) atoms. The summed E-state index contributed by atoms with van der Waals surface area (Å²) in [5, 5.41) is 10.4. The van der Waals surface area contributed by atoms with E-state index in [1.54, 1.807) is 39.8 Å². The van der Waals surface area contributed by atoms with Gasteiger partial charge in [-0.15, -0.1) is 0 Å². The van der Waals surface area contributed by atoms with E-state index in [1.165, 1.54) is 0 Å². The number of hydrogen-bond acceptors (Lipinski definition) is 5. The quantitative estimate of drug-likeness (QED) is 0.430. The second-order valence-electron chi connectivity index (χ2n) is 7.19. The second-order valence-corrected chi connectivity index (χ2v) is 7.19. The Kier molecular flexibility index (Phi) is 6.75. The lowest BCUT2D eigenvalue weighted by Gasteiger charge is -2.29. The zero-order valence-corrected chi connectivity index (χ0v) is 16.7. The van der Waals surface area contributed by atoms with Crippen LogP contribution in [-0.4, -0.2) is 22.6 Å². The monoisotopic (exact) mass is 382 g/mol. The standard InChI is InChI=1S/C23H26O5/c1-6-20(24)28-21(23(4,5)26)18-9-7-16(8-10-18)17-11-13-19(14-12-17)27-22(25)15(2)3/h7-14,21,26H,2,6H2,1,3-5H3. The van der Waals surface area contributed by atoms with E-state index in [0.29, 0.717) is 16.9 Å². The molecule has 0 saturated carbocycles. The highest BCUT2D eigenvalue weighted by molar-refractivity contribution is 5.88. The Bertz CT molecular complexity index is 842. The molecule has 0 bridgehead atoms. The first-order chi connectivity index (χ1) is 13.1. The molecule has 0 aromatic heterocycles. The summed E-state index contributed by atoms with van der Waals surface area (Å²) in [7, 11) is 0. The number of aliphatic hydroxyl groups is 1. The highest BCUT2D eigenvalue weighted by atomic mass is 16.6. The Hall–Kier alpha value is -2.92. The number of hydrogen-bond donors (Lipinski definition) is 1. The van der Waals surface area contributed by atoms with Gasteiger partial charge in [0.25, 0.3) is 0 Å². The third kappa shape index (κ3) is 5.54. The maximum atomic E-state index is 11.7. The maximum absolute atomic E-state index is 11.7. The molecule has 0 amide bonds. The lowest BCUT2D eigenvalue weighted by Crippen LogP contribution is -2.32. The van der Waals surface area contributed by atoms with Crippen LogP contribution in [0.1, 0.15) is 45.8 Å². The summed E-state index contributed by atoms with van der Waals surface area (Å²) >= 11 is 0. The molecule has 1 atom stereocenters. The van der Waals surface area contributed by atoms with Crippen LogP contribution in [0.4, 0.5) is 0 Å². The van der Waals surface area contributed by atoms with Gasteiger partial charge in [-0.3, -0.25) is 4.79 Å². The molecule has 5 heteroatoms. The van der Waals surface area contributed by atoms with Gasteiger partial charge >= 0.3 is 11.9 Å². The van der Waals surface area contributed by atoms with Gasteiger partial charge in [-0.1, -0.05) is 49.9 Å². The Morgan fingerprint density at radius 2 is 1.54 bits per heavy atom. The molecule has 148 valence electrons. The van der Waals surface area contributed by atoms with E-state index in [2.05, 4.69) is 6.58 Å². The van der Waals surface area contributed by atoms with Gasteiger partial charge in [-0.05, 0) is 49.6 Å². The number of carbonyl (C=O) groups excluding carboxylic acids is 2. The lowest BCUT2D eigenvalue weighted by atomic mass is 9.93. The van der Waals surface area contributed by atoms with E-state index < -0.39 is 17.7 Å². The van der Waals surface area contributed by atoms with Crippen molar-refractivity contribution in [2.24, 2.45) is 0 Å². The van der Waals surface area contributed by atoms with E-state index >= 15 is 0 Å². The molecule has 0 aliphatic heterocycles. The molecule has 0 saturated heterocycles. The van der Waals surface area contributed by atoms with Crippen molar-refractivity contribution in [3.63, 3.8) is 0 Å². The molecule has 2 rings (SSSR count). The lowest BCUT2D eigenvalue weighted by molar-refractivity contribution is -0.162. The van der Waals surface area contributed by atoms with Gasteiger partial charge in [-0.25, -0.2) is 4.79 Å². The average Bonchev–Trinajstić information content (AvgIpc) is 2.65. The van der Waals surface area contributed by atoms with Crippen molar-refractivity contribution in [2.45, 2.75) is 45.8 Å². The molecular formula is C23H26O5. The number of rotatable bonds is 7. The molecule has 0 fully saturated rings. The summed E-state index contributed by atoms with van der Waals surface area (Å²) in [6.45, 7) is 10.1. The molecule has 1 unspecified atom stereocenters. The van der Waals surface area contributed by atoms with Gasteiger partial charge in [0.1, 0.15) is 11.4 Å². The normalized spacial score (nSPS) is 12.2. The first kappa shape index (κ1) is 21.4. The SMILES string of the molecule is C=C(C)C(=O)Oc1ccc(-c2ccc(C(OC(=O)CC)C(C)(C)O)cc2)cc1. The van der Waals surface area contributed by atoms with Gasteiger partial charge in [0, 0.05) is 12.0 Å². The van der Waals surface area contributed by atoms with Crippen LogP contribution in [0.25, 0.3) is 11.1 Å². The number of benzene rings is 2. The van der Waals surface area contributed by atoms with Crippen LogP contribution in [0.2, 0.25) is 0 Å². The molecule has 5 nitrogen and oxygen atoms in total. The van der Waals surface area contributed by atoms with Gasteiger partial charge in [0.15, 0.2) is 6.10 Å². The topological polar surface area (TPSA) is 72.8 Å². The highest BCUT2D eigenvalue weighted by Crippen LogP contribution is 2.32. The molecule has 2 aromatic rings. The van der Waals surface area contributed by atoms with Crippen molar-refractivity contribution >= 4 is 11.9 Å². The maximum Gasteiger partial charge on any atom is 0.338 e. The smallest absolute Gasteiger partial charge is 0.338 e. The number of ether oxygens (including phenoxy) is 2. The van der Waals surface area contributed by atoms with Crippen LogP contribution in [0.15, 0.2) is 60.7 Å². The predicted molar refractivity (Wildman–Crippen MR) is 108 cm³/mol. The highest BCUT2D eigenvalue weighted by Gasteiger charge is 2.31. The Morgan fingerprint density at radius 3 is 1.96 bits per heavy atom. The van der Waals surface area contributed by atoms with E-state index in [9.17, 15) is 14.7 Å². The third-order valence-electron chi connectivity index (χ3n) is 4.14. The van der Waals surface area contributed by atoms with Crippen molar-refractivity contribution in [2.75, 3.05) is 0 Å². The van der Waals surface area contributed by atoms with Crippen LogP contribution in [0, 0.1) is 0 Å². The molecule has 0 aliphatic rings. The van der Waals surface area contributed by atoms with Crippen molar-refractivity contribution in [3.8, 4) is 16.9 Å². The fourth-order valence-corrected chi connectivity index (χ4v) is 2.59. The summed E-state index contributed by atoms with van der Waals surface area (Å²) in [4.78, 5) is 23.3. The van der Waals surface area contributed by atoms with Crippen molar-refractivity contribution in [1.29, 1.82) is 0 Å². The summed E-state index contributed by atoms with van der Waals surface area (Å²) in [5.74, 6) is -0.380. The molecule has 0 radical (unpaired) electrons. The largest absolute Gasteiger partial charge is 0.454 e. The fraction of sp³-hybridized carbons (Fsp3) is 0.304. The third-order valence-corrected chi connectivity index (χ3v) is 4.14. The minimum Gasteiger partial charge on any atom is -0.454 e. The van der Waals surface area contributed by atoms with E-state index in [0.717, 1.165) is 11.1 Å². The van der Waals surface area contributed by atoms with Crippen LogP contribution >= 0.6 is 0 Å². The Labute approximate surface area is 165 Å². The first-order valence-corrected chi connectivity index (χ1v) is 9.11.